The van der Waals surface area contributed by atoms with Crippen LogP contribution in [0.2, 0.25) is 0 Å². The molecule has 6 aromatic carbocycles. The Morgan fingerprint density at radius 1 is 0.333 bits per heavy atom. The third-order valence-corrected chi connectivity index (χ3v) is 7.49. The van der Waals surface area contributed by atoms with Crippen molar-refractivity contribution >= 4 is 29.4 Å². The molecule has 0 fully saturated rings. The largest absolute Gasteiger partial charge is 0.0985 e. The fraction of sp³-hybridized carbons (Fsp3) is 0. The summed E-state index contributed by atoms with van der Waals surface area (Å²) in [4.78, 5) is 0. The van der Waals surface area contributed by atoms with Crippen molar-refractivity contribution in [2.75, 3.05) is 0 Å². The Hall–Kier alpha value is -5.46. The second kappa shape index (κ2) is 12.8. The summed E-state index contributed by atoms with van der Waals surface area (Å²) in [7, 11) is 0. The molecule has 0 bridgehead atoms. The van der Waals surface area contributed by atoms with Crippen molar-refractivity contribution in [1.29, 1.82) is 0 Å². The van der Waals surface area contributed by atoms with E-state index in [2.05, 4.69) is 183 Å². The van der Waals surface area contributed by atoms with Gasteiger partial charge in [-0.1, -0.05) is 176 Å². The summed E-state index contributed by atoms with van der Waals surface area (Å²) in [5.41, 5.74) is 13.1. The van der Waals surface area contributed by atoms with Crippen LogP contribution in [0.1, 0.15) is 38.9 Å². The van der Waals surface area contributed by atoms with E-state index in [0.29, 0.717) is 0 Å². The second-order valence-corrected chi connectivity index (χ2v) is 10.3. The lowest BCUT2D eigenvalue weighted by molar-refractivity contribution is 1.54. The highest BCUT2D eigenvalue weighted by molar-refractivity contribution is 5.93. The molecule has 42 heavy (non-hydrogen) atoms. The van der Waals surface area contributed by atoms with Crippen molar-refractivity contribution in [1.82, 2.24) is 0 Å². The summed E-state index contributed by atoms with van der Waals surface area (Å²) in [5.74, 6) is 0. The highest BCUT2D eigenvalue weighted by Crippen LogP contribution is 2.29. The van der Waals surface area contributed by atoms with Gasteiger partial charge in [-0.3, -0.25) is 0 Å². The van der Waals surface area contributed by atoms with Crippen LogP contribution < -0.4 is 0 Å². The first-order chi connectivity index (χ1) is 20.8. The van der Waals surface area contributed by atoms with E-state index in [1.807, 2.05) is 6.08 Å². The quantitative estimate of drug-likeness (QED) is 0.170. The van der Waals surface area contributed by atoms with Gasteiger partial charge in [0.1, 0.15) is 0 Å². The van der Waals surface area contributed by atoms with Crippen LogP contribution in [0.5, 0.6) is 0 Å². The molecule has 0 saturated heterocycles. The zero-order valence-electron chi connectivity index (χ0n) is 23.5. The van der Waals surface area contributed by atoms with E-state index in [0.717, 1.165) is 5.56 Å². The first kappa shape index (κ1) is 26.7. The Bertz CT molecular complexity index is 1760. The minimum atomic E-state index is 1.12. The molecule has 0 aromatic heterocycles. The lowest BCUT2D eigenvalue weighted by atomic mass is 9.94. The molecule has 0 heteroatoms. The molecule has 0 aliphatic carbocycles. The molecular weight excluding hydrogens is 504 g/mol. The maximum absolute atomic E-state index is 3.89. The molecule has 0 aliphatic rings. The van der Waals surface area contributed by atoms with Gasteiger partial charge in [-0.15, -0.1) is 0 Å². The normalized spacial score (nSPS) is 11.1. The van der Waals surface area contributed by atoms with Gasteiger partial charge in [-0.25, -0.2) is 0 Å². The lowest BCUT2D eigenvalue weighted by Gasteiger charge is -2.11. The topological polar surface area (TPSA) is 0 Å². The van der Waals surface area contributed by atoms with Gasteiger partial charge >= 0.3 is 0 Å². The number of hydrogen-bond acceptors (Lipinski definition) is 0. The number of hydrogen-bond donors (Lipinski definition) is 0. The summed E-state index contributed by atoms with van der Waals surface area (Å²) in [6.45, 7) is 3.89. The Kier molecular flexibility index (Phi) is 8.16. The predicted octanol–water partition coefficient (Wildman–Crippen LogP) is 11.2. The van der Waals surface area contributed by atoms with Crippen LogP contribution in [0.3, 0.4) is 0 Å². The lowest BCUT2D eigenvalue weighted by Crippen LogP contribution is -1.89. The van der Waals surface area contributed by atoms with Crippen LogP contribution in [0.15, 0.2) is 170 Å². The Morgan fingerprint density at radius 2 is 0.643 bits per heavy atom. The molecular formula is C42H32. The molecule has 0 N–H and O–H groups in total. The van der Waals surface area contributed by atoms with E-state index >= 15 is 0 Å². The van der Waals surface area contributed by atoms with Gasteiger partial charge in [0.25, 0.3) is 0 Å². The fourth-order valence-corrected chi connectivity index (χ4v) is 5.20. The van der Waals surface area contributed by atoms with Crippen molar-refractivity contribution < 1.29 is 0 Å². The van der Waals surface area contributed by atoms with Crippen LogP contribution in [0, 0.1) is 0 Å². The van der Waals surface area contributed by atoms with Crippen molar-refractivity contribution in [3.8, 4) is 11.1 Å². The molecule has 0 nitrogen and oxygen atoms in total. The number of benzene rings is 6. The van der Waals surface area contributed by atoms with Gasteiger partial charge in [0.05, 0.1) is 0 Å². The third-order valence-electron chi connectivity index (χ3n) is 7.49. The van der Waals surface area contributed by atoms with E-state index in [1.54, 1.807) is 0 Å². The van der Waals surface area contributed by atoms with Gasteiger partial charge < -0.3 is 0 Å². The number of rotatable bonds is 8. The zero-order valence-corrected chi connectivity index (χ0v) is 23.5. The summed E-state index contributed by atoms with van der Waals surface area (Å²) < 4.78 is 0. The van der Waals surface area contributed by atoms with Gasteiger partial charge in [-0.05, 0) is 73.4 Å². The average Bonchev–Trinajstić information content (AvgIpc) is 3.08. The van der Waals surface area contributed by atoms with E-state index < -0.39 is 0 Å². The molecule has 0 spiro atoms. The van der Waals surface area contributed by atoms with Gasteiger partial charge in [0, 0.05) is 0 Å². The maximum atomic E-state index is 3.89. The van der Waals surface area contributed by atoms with Gasteiger partial charge in [0.2, 0.25) is 0 Å². The molecule has 6 aromatic rings. The molecule has 0 aliphatic heterocycles. The average molecular weight is 537 g/mol. The molecule has 0 radical (unpaired) electrons. The second-order valence-electron chi connectivity index (χ2n) is 10.3. The van der Waals surface area contributed by atoms with Crippen LogP contribution in [-0.2, 0) is 0 Å². The van der Waals surface area contributed by atoms with Crippen LogP contribution in [0.4, 0.5) is 0 Å². The van der Waals surface area contributed by atoms with Crippen molar-refractivity contribution in [3.05, 3.63) is 209 Å². The van der Waals surface area contributed by atoms with Crippen LogP contribution in [0.25, 0.3) is 40.5 Å². The highest BCUT2D eigenvalue weighted by atomic mass is 14.1. The zero-order chi connectivity index (χ0) is 28.6. The fourth-order valence-electron chi connectivity index (χ4n) is 5.20. The van der Waals surface area contributed by atoms with Crippen LogP contribution in [-0.4, -0.2) is 0 Å². The Labute approximate surface area is 249 Å². The third kappa shape index (κ3) is 6.30. The molecule has 0 heterocycles. The Morgan fingerprint density at radius 3 is 0.976 bits per heavy atom. The first-order valence-electron chi connectivity index (χ1n) is 14.3. The minimum Gasteiger partial charge on any atom is -0.0985 e. The minimum absolute atomic E-state index is 1.12. The molecule has 0 atom stereocenters. The standard InChI is InChI=1S/C42H32/c1-2-32-18-28-40(29-19-32)42(39-16-10-5-11-17-39)31-34-22-26-36(27-23-34)35-24-20-33(21-25-35)30-41(37-12-6-3-7-13-37)38-14-8-4-9-15-38/h2-31H,1H2. The molecule has 0 saturated carbocycles. The highest BCUT2D eigenvalue weighted by Gasteiger charge is 2.07. The summed E-state index contributed by atoms with van der Waals surface area (Å²) >= 11 is 0. The van der Waals surface area contributed by atoms with Gasteiger partial charge in [0.15, 0.2) is 0 Å². The van der Waals surface area contributed by atoms with E-state index in [-0.39, 0.29) is 0 Å². The van der Waals surface area contributed by atoms with E-state index in [4.69, 9.17) is 0 Å². The van der Waals surface area contributed by atoms with E-state index in [9.17, 15) is 0 Å². The van der Waals surface area contributed by atoms with Crippen molar-refractivity contribution in [2.24, 2.45) is 0 Å². The van der Waals surface area contributed by atoms with Crippen molar-refractivity contribution in [2.45, 2.75) is 0 Å². The molecule has 200 valence electrons. The predicted molar refractivity (Wildman–Crippen MR) is 182 cm³/mol. The smallest absolute Gasteiger partial charge is 0.0105 e. The van der Waals surface area contributed by atoms with Crippen LogP contribution >= 0.6 is 0 Å². The van der Waals surface area contributed by atoms with Gasteiger partial charge in [-0.2, -0.15) is 0 Å². The maximum Gasteiger partial charge on any atom is -0.0105 e. The summed E-state index contributed by atoms with van der Waals surface area (Å²) in [6, 6.07) is 57.9. The Balaban J connectivity index is 1.28. The molecule has 0 unspecified atom stereocenters. The summed E-state index contributed by atoms with van der Waals surface area (Å²) in [6.07, 6.45) is 6.42. The first-order valence-corrected chi connectivity index (χ1v) is 14.3. The molecule has 6 rings (SSSR count). The monoisotopic (exact) mass is 536 g/mol. The summed E-state index contributed by atoms with van der Waals surface area (Å²) in [5, 5.41) is 0. The van der Waals surface area contributed by atoms with E-state index in [1.165, 1.54) is 55.7 Å². The van der Waals surface area contributed by atoms with Crippen molar-refractivity contribution in [3.63, 3.8) is 0 Å². The molecule has 0 amide bonds. The SMILES string of the molecule is C=Cc1ccc(C(=Cc2ccc(-c3ccc(C=C(c4ccccc4)c4ccccc4)cc3)cc2)c2ccccc2)cc1.